The van der Waals surface area contributed by atoms with E-state index >= 15 is 0 Å². The summed E-state index contributed by atoms with van der Waals surface area (Å²) in [6.45, 7) is 10.6. The lowest BCUT2D eigenvalue weighted by molar-refractivity contribution is 0.272. The molecule has 0 aromatic carbocycles. The zero-order valence-corrected chi connectivity index (χ0v) is 12.2. The first-order chi connectivity index (χ1) is 8.65. The van der Waals surface area contributed by atoms with Gasteiger partial charge in [-0.25, -0.2) is 0 Å². The van der Waals surface area contributed by atoms with Crippen LogP contribution < -0.4 is 5.32 Å². The molecule has 0 fully saturated rings. The van der Waals surface area contributed by atoms with Gasteiger partial charge in [-0.3, -0.25) is 4.98 Å². The molecule has 0 bridgehead atoms. The molecule has 1 aromatic rings. The second kappa shape index (κ2) is 8.22. The molecule has 0 radical (unpaired) electrons. The van der Waals surface area contributed by atoms with Crippen LogP contribution in [0.25, 0.3) is 0 Å². The van der Waals surface area contributed by atoms with Crippen molar-refractivity contribution in [2.45, 2.75) is 40.3 Å². The smallest absolute Gasteiger partial charge is 0.0547 e. The van der Waals surface area contributed by atoms with Gasteiger partial charge in [-0.05, 0) is 31.6 Å². The van der Waals surface area contributed by atoms with Crippen LogP contribution in [-0.2, 0) is 13.1 Å². The highest BCUT2D eigenvalue weighted by Crippen LogP contribution is 2.07. The summed E-state index contributed by atoms with van der Waals surface area (Å²) in [6.07, 6.45) is 1.23. The van der Waals surface area contributed by atoms with Gasteiger partial charge in [0.1, 0.15) is 0 Å². The fourth-order valence-corrected chi connectivity index (χ4v) is 1.97. The van der Waals surface area contributed by atoms with Gasteiger partial charge in [0.25, 0.3) is 0 Å². The zero-order valence-electron chi connectivity index (χ0n) is 12.2. The number of rotatable bonds is 8. The number of pyridine rings is 1. The van der Waals surface area contributed by atoms with Crippen molar-refractivity contribution in [1.29, 1.82) is 0 Å². The second-order valence-corrected chi connectivity index (χ2v) is 5.11. The fourth-order valence-electron chi connectivity index (χ4n) is 1.97. The van der Waals surface area contributed by atoms with Gasteiger partial charge in [0.15, 0.2) is 0 Å². The van der Waals surface area contributed by atoms with E-state index in [0.717, 1.165) is 43.5 Å². The first-order valence-electron chi connectivity index (χ1n) is 6.99. The van der Waals surface area contributed by atoms with E-state index in [-0.39, 0.29) is 0 Å². The molecule has 1 aromatic heterocycles. The van der Waals surface area contributed by atoms with E-state index in [4.69, 9.17) is 0 Å². The van der Waals surface area contributed by atoms with Crippen molar-refractivity contribution >= 4 is 0 Å². The van der Waals surface area contributed by atoms with E-state index in [1.54, 1.807) is 0 Å². The van der Waals surface area contributed by atoms with E-state index in [1.165, 1.54) is 6.42 Å². The summed E-state index contributed by atoms with van der Waals surface area (Å²) in [5, 5.41) is 3.31. The lowest BCUT2D eigenvalue weighted by atomic mass is 10.1. The molecule has 0 saturated carbocycles. The molecule has 0 amide bonds. The molecule has 18 heavy (non-hydrogen) atoms. The van der Waals surface area contributed by atoms with Crippen LogP contribution in [0.3, 0.4) is 0 Å². The van der Waals surface area contributed by atoms with Gasteiger partial charge in [-0.2, -0.15) is 0 Å². The average Bonchev–Trinajstić information content (AvgIpc) is 2.36. The molecular weight excluding hydrogens is 222 g/mol. The third-order valence-corrected chi connectivity index (χ3v) is 3.17. The molecule has 1 unspecified atom stereocenters. The van der Waals surface area contributed by atoms with Crippen LogP contribution in [0.5, 0.6) is 0 Å². The molecule has 0 saturated heterocycles. The SMILES string of the molecule is CCNCc1cccc(CN(C)CC(C)CC)n1. The Bertz CT molecular complexity index is 338. The van der Waals surface area contributed by atoms with Gasteiger partial charge in [0.2, 0.25) is 0 Å². The minimum absolute atomic E-state index is 0.750. The van der Waals surface area contributed by atoms with Crippen molar-refractivity contribution in [1.82, 2.24) is 15.2 Å². The van der Waals surface area contributed by atoms with Gasteiger partial charge < -0.3 is 10.2 Å². The maximum absolute atomic E-state index is 4.68. The van der Waals surface area contributed by atoms with Crippen molar-refractivity contribution in [3.8, 4) is 0 Å². The third-order valence-electron chi connectivity index (χ3n) is 3.17. The quantitative estimate of drug-likeness (QED) is 0.768. The average molecular weight is 249 g/mol. The van der Waals surface area contributed by atoms with Crippen LogP contribution in [-0.4, -0.2) is 30.0 Å². The van der Waals surface area contributed by atoms with Crippen molar-refractivity contribution in [2.24, 2.45) is 5.92 Å². The predicted octanol–water partition coefficient (Wildman–Crippen LogP) is 2.67. The Labute approximate surface area is 112 Å². The van der Waals surface area contributed by atoms with E-state index in [2.05, 4.69) is 61.2 Å². The molecule has 3 heteroatoms. The Morgan fingerprint density at radius 3 is 2.67 bits per heavy atom. The van der Waals surface area contributed by atoms with E-state index in [1.807, 2.05) is 0 Å². The Hall–Kier alpha value is -0.930. The fraction of sp³-hybridized carbons (Fsp3) is 0.667. The maximum Gasteiger partial charge on any atom is 0.0547 e. The number of hydrogen-bond acceptors (Lipinski definition) is 3. The Morgan fingerprint density at radius 1 is 1.28 bits per heavy atom. The molecule has 1 N–H and O–H groups in total. The predicted molar refractivity (Wildman–Crippen MR) is 77.4 cm³/mol. The highest BCUT2D eigenvalue weighted by Gasteiger charge is 2.06. The van der Waals surface area contributed by atoms with Crippen LogP contribution in [0, 0.1) is 5.92 Å². The molecule has 1 rings (SSSR count). The molecule has 0 spiro atoms. The zero-order chi connectivity index (χ0) is 13.4. The summed E-state index contributed by atoms with van der Waals surface area (Å²) in [6, 6.07) is 6.30. The van der Waals surface area contributed by atoms with E-state index in [9.17, 15) is 0 Å². The van der Waals surface area contributed by atoms with Crippen molar-refractivity contribution < 1.29 is 0 Å². The second-order valence-electron chi connectivity index (χ2n) is 5.11. The molecular formula is C15H27N3. The number of aromatic nitrogens is 1. The van der Waals surface area contributed by atoms with Gasteiger partial charge in [0, 0.05) is 19.6 Å². The van der Waals surface area contributed by atoms with Crippen LogP contribution in [0.15, 0.2) is 18.2 Å². The van der Waals surface area contributed by atoms with Gasteiger partial charge in [-0.1, -0.05) is 33.3 Å². The van der Waals surface area contributed by atoms with Crippen molar-refractivity contribution in [3.63, 3.8) is 0 Å². The highest BCUT2D eigenvalue weighted by molar-refractivity contribution is 5.11. The lowest BCUT2D eigenvalue weighted by Crippen LogP contribution is -2.24. The minimum Gasteiger partial charge on any atom is -0.311 e. The Morgan fingerprint density at radius 2 is 2.00 bits per heavy atom. The first-order valence-corrected chi connectivity index (χ1v) is 6.99. The summed E-state index contributed by atoms with van der Waals surface area (Å²) in [5.74, 6) is 0.750. The largest absolute Gasteiger partial charge is 0.311 e. The van der Waals surface area contributed by atoms with Gasteiger partial charge in [0.05, 0.1) is 11.4 Å². The molecule has 1 heterocycles. The van der Waals surface area contributed by atoms with Gasteiger partial charge in [-0.15, -0.1) is 0 Å². The van der Waals surface area contributed by atoms with Crippen LogP contribution >= 0.6 is 0 Å². The molecule has 102 valence electrons. The van der Waals surface area contributed by atoms with E-state index < -0.39 is 0 Å². The first kappa shape index (κ1) is 15.1. The van der Waals surface area contributed by atoms with Gasteiger partial charge >= 0.3 is 0 Å². The Balaban J connectivity index is 2.50. The molecule has 0 aliphatic heterocycles. The summed E-state index contributed by atoms with van der Waals surface area (Å²) in [5.41, 5.74) is 2.29. The lowest BCUT2D eigenvalue weighted by Gasteiger charge is -2.20. The number of nitrogens with zero attached hydrogens (tertiary/aromatic N) is 2. The van der Waals surface area contributed by atoms with Crippen molar-refractivity contribution in [2.75, 3.05) is 20.1 Å². The van der Waals surface area contributed by atoms with Crippen LogP contribution in [0.4, 0.5) is 0 Å². The molecule has 1 atom stereocenters. The number of hydrogen-bond donors (Lipinski definition) is 1. The molecule has 0 aliphatic rings. The minimum atomic E-state index is 0.750. The molecule has 3 nitrogen and oxygen atoms in total. The van der Waals surface area contributed by atoms with E-state index in [0.29, 0.717) is 0 Å². The third kappa shape index (κ3) is 5.61. The highest BCUT2D eigenvalue weighted by atomic mass is 15.1. The normalized spacial score (nSPS) is 12.9. The summed E-state index contributed by atoms with van der Waals surface area (Å²) in [7, 11) is 2.17. The standard InChI is InChI=1S/C15H27N3/c1-5-13(3)11-18(4)12-15-9-7-8-14(17-15)10-16-6-2/h7-9,13,16H,5-6,10-12H2,1-4H3. The summed E-state index contributed by atoms with van der Waals surface area (Å²) in [4.78, 5) is 7.03. The summed E-state index contributed by atoms with van der Waals surface area (Å²) >= 11 is 0. The maximum atomic E-state index is 4.68. The summed E-state index contributed by atoms with van der Waals surface area (Å²) < 4.78 is 0. The number of nitrogens with one attached hydrogen (secondary N) is 1. The van der Waals surface area contributed by atoms with Crippen LogP contribution in [0.1, 0.15) is 38.6 Å². The Kier molecular flexibility index (Phi) is 6.91. The topological polar surface area (TPSA) is 28.2 Å². The molecule has 0 aliphatic carbocycles. The monoisotopic (exact) mass is 249 g/mol. The van der Waals surface area contributed by atoms with Crippen LogP contribution in [0.2, 0.25) is 0 Å². The van der Waals surface area contributed by atoms with Crippen molar-refractivity contribution in [3.05, 3.63) is 29.6 Å².